The summed E-state index contributed by atoms with van der Waals surface area (Å²) in [6.45, 7) is 7.99. The Labute approximate surface area is 129 Å². The van der Waals surface area contributed by atoms with E-state index in [1.54, 1.807) is 0 Å². The molecule has 0 spiro atoms. The summed E-state index contributed by atoms with van der Waals surface area (Å²) in [5.41, 5.74) is 4.43. The van der Waals surface area contributed by atoms with Crippen molar-refractivity contribution in [2.75, 3.05) is 11.4 Å². The minimum absolute atomic E-state index is 0.737. The number of nitrogens with zero attached hydrogens (tertiary/aromatic N) is 1. The first-order chi connectivity index (χ1) is 10.2. The smallest absolute Gasteiger partial charge is 0.0430 e. The van der Waals surface area contributed by atoms with Gasteiger partial charge in [-0.15, -0.1) is 0 Å². The molecule has 2 fully saturated rings. The molecule has 0 aliphatic carbocycles. The second kappa shape index (κ2) is 6.39. The first-order valence-corrected chi connectivity index (χ1v) is 8.78. The van der Waals surface area contributed by atoms with Crippen molar-refractivity contribution in [2.24, 2.45) is 0 Å². The number of hydrogen-bond acceptors (Lipinski definition) is 2. The van der Waals surface area contributed by atoms with E-state index in [1.807, 2.05) is 0 Å². The number of rotatable bonds is 4. The van der Waals surface area contributed by atoms with Gasteiger partial charge >= 0.3 is 0 Å². The van der Waals surface area contributed by atoms with Crippen LogP contribution in [0.3, 0.4) is 0 Å². The third kappa shape index (κ3) is 2.96. The van der Waals surface area contributed by atoms with Gasteiger partial charge in [-0.2, -0.15) is 0 Å². The average molecular weight is 286 g/mol. The normalized spacial score (nSPS) is 28.7. The molecule has 2 aliphatic heterocycles. The number of nitrogens with one attached hydrogen (secondary N) is 1. The molecule has 0 radical (unpaired) electrons. The van der Waals surface area contributed by atoms with Gasteiger partial charge in [0.25, 0.3) is 0 Å². The number of anilines is 1. The van der Waals surface area contributed by atoms with E-state index in [-0.39, 0.29) is 0 Å². The maximum Gasteiger partial charge on any atom is 0.0430 e. The Morgan fingerprint density at radius 2 is 1.71 bits per heavy atom. The largest absolute Gasteiger partial charge is 0.365 e. The van der Waals surface area contributed by atoms with Crippen LogP contribution >= 0.6 is 0 Å². The van der Waals surface area contributed by atoms with Crippen LogP contribution in [0.4, 0.5) is 5.69 Å². The molecule has 0 amide bonds. The summed E-state index contributed by atoms with van der Waals surface area (Å²) >= 11 is 0. The first-order valence-electron chi connectivity index (χ1n) is 8.78. The number of fused-ring (bicyclic) bond motifs is 2. The van der Waals surface area contributed by atoms with Crippen LogP contribution in [0, 0.1) is 13.8 Å². The molecule has 116 valence electrons. The van der Waals surface area contributed by atoms with Crippen molar-refractivity contribution in [2.45, 2.75) is 77.4 Å². The van der Waals surface area contributed by atoms with Crippen LogP contribution in [-0.4, -0.2) is 24.7 Å². The molecule has 2 heteroatoms. The predicted molar refractivity (Wildman–Crippen MR) is 91.1 cm³/mol. The van der Waals surface area contributed by atoms with Gasteiger partial charge in [-0.25, -0.2) is 0 Å². The van der Waals surface area contributed by atoms with Gasteiger partial charge in [0.15, 0.2) is 0 Å². The van der Waals surface area contributed by atoms with Crippen molar-refractivity contribution in [1.29, 1.82) is 0 Å². The molecule has 2 aliphatic rings. The fourth-order valence-corrected chi connectivity index (χ4v) is 4.47. The molecule has 2 saturated heterocycles. The average Bonchev–Trinajstić information content (AvgIpc) is 2.45. The molecular formula is C19H30N2. The molecule has 3 rings (SSSR count). The van der Waals surface area contributed by atoms with E-state index in [4.69, 9.17) is 0 Å². The molecule has 21 heavy (non-hydrogen) atoms. The second-order valence-corrected chi connectivity index (χ2v) is 7.01. The lowest BCUT2D eigenvalue weighted by Crippen LogP contribution is -2.57. The molecular weight excluding hydrogens is 256 g/mol. The molecule has 1 aromatic rings. The van der Waals surface area contributed by atoms with Crippen LogP contribution in [0.15, 0.2) is 18.2 Å². The highest BCUT2D eigenvalue weighted by Gasteiger charge is 2.38. The minimum atomic E-state index is 0.737. The SMILES string of the molecule is CCCNC1CC2CCCC(C1)N2c1c(C)cccc1C. The number of para-hydroxylation sites is 1. The zero-order chi connectivity index (χ0) is 14.8. The van der Waals surface area contributed by atoms with Crippen LogP contribution in [0.2, 0.25) is 0 Å². The van der Waals surface area contributed by atoms with E-state index in [1.165, 1.54) is 61.9 Å². The summed E-state index contributed by atoms with van der Waals surface area (Å²) in [7, 11) is 0. The highest BCUT2D eigenvalue weighted by atomic mass is 15.2. The van der Waals surface area contributed by atoms with Crippen LogP contribution in [0.1, 0.15) is 56.6 Å². The van der Waals surface area contributed by atoms with Gasteiger partial charge in [0, 0.05) is 23.8 Å². The van der Waals surface area contributed by atoms with Gasteiger partial charge in [0.1, 0.15) is 0 Å². The lowest BCUT2D eigenvalue weighted by Gasteiger charge is -2.51. The molecule has 1 N–H and O–H groups in total. The van der Waals surface area contributed by atoms with E-state index in [0.717, 1.165) is 18.1 Å². The first kappa shape index (κ1) is 14.9. The highest BCUT2D eigenvalue weighted by molar-refractivity contribution is 5.61. The summed E-state index contributed by atoms with van der Waals surface area (Å²) < 4.78 is 0. The monoisotopic (exact) mass is 286 g/mol. The minimum Gasteiger partial charge on any atom is -0.365 e. The molecule has 0 saturated carbocycles. The topological polar surface area (TPSA) is 15.3 Å². The summed E-state index contributed by atoms with van der Waals surface area (Å²) in [6, 6.07) is 8.97. The predicted octanol–water partition coefficient (Wildman–Crippen LogP) is 4.19. The number of piperidine rings is 2. The molecule has 2 atom stereocenters. The summed E-state index contributed by atoms with van der Waals surface area (Å²) in [5, 5.41) is 3.77. The lowest BCUT2D eigenvalue weighted by atomic mass is 9.80. The Hall–Kier alpha value is -1.02. The van der Waals surface area contributed by atoms with E-state index in [9.17, 15) is 0 Å². The number of benzene rings is 1. The van der Waals surface area contributed by atoms with Crippen molar-refractivity contribution in [1.82, 2.24) is 5.32 Å². The van der Waals surface area contributed by atoms with E-state index >= 15 is 0 Å². The van der Waals surface area contributed by atoms with Crippen molar-refractivity contribution < 1.29 is 0 Å². The fraction of sp³-hybridized carbons (Fsp3) is 0.684. The van der Waals surface area contributed by atoms with Gasteiger partial charge < -0.3 is 10.2 Å². The van der Waals surface area contributed by atoms with Crippen LogP contribution in [0.5, 0.6) is 0 Å². The molecule has 2 unspecified atom stereocenters. The quantitative estimate of drug-likeness (QED) is 0.892. The summed E-state index contributed by atoms with van der Waals surface area (Å²) in [4.78, 5) is 2.79. The third-order valence-corrected chi connectivity index (χ3v) is 5.36. The molecule has 1 aromatic carbocycles. The van der Waals surface area contributed by atoms with Crippen LogP contribution < -0.4 is 10.2 Å². The van der Waals surface area contributed by atoms with Crippen LogP contribution in [-0.2, 0) is 0 Å². The van der Waals surface area contributed by atoms with Gasteiger partial charge in [0.2, 0.25) is 0 Å². The van der Waals surface area contributed by atoms with E-state index < -0.39 is 0 Å². The Morgan fingerprint density at radius 1 is 1.10 bits per heavy atom. The Morgan fingerprint density at radius 3 is 2.29 bits per heavy atom. The Bertz CT molecular complexity index is 448. The highest BCUT2D eigenvalue weighted by Crippen LogP contribution is 2.40. The number of aryl methyl sites for hydroxylation is 2. The second-order valence-electron chi connectivity index (χ2n) is 7.01. The maximum absolute atomic E-state index is 3.77. The van der Waals surface area contributed by atoms with Gasteiger partial charge in [-0.05, 0) is 70.0 Å². The lowest BCUT2D eigenvalue weighted by molar-refractivity contribution is 0.245. The zero-order valence-electron chi connectivity index (χ0n) is 13.9. The zero-order valence-corrected chi connectivity index (χ0v) is 13.9. The molecule has 2 bridgehead atoms. The summed E-state index contributed by atoms with van der Waals surface area (Å²) in [5.74, 6) is 0. The molecule has 0 aromatic heterocycles. The van der Waals surface area contributed by atoms with Gasteiger partial charge in [-0.3, -0.25) is 0 Å². The fourth-order valence-electron chi connectivity index (χ4n) is 4.47. The number of hydrogen-bond donors (Lipinski definition) is 1. The van der Waals surface area contributed by atoms with Crippen molar-refractivity contribution in [3.05, 3.63) is 29.3 Å². The van der Waals surface area contributed by atoms with Crippen molar-refractivity contribution >= 4 is 5.69 Å². The van der Waals surface area contributed by atoms with Gasteiger partial charge in [0.05, 0.1) is 0 Å². The van der Waals surface area contributed by atoms with Crippen LogP contribution in [0.25, 0.3) is 0 Å². The van der Waals surface area contributed by atoms with Crippen molar-refractivity contribution in [3.8, 4) is 0 Å². The van der Waals surface area contributed by atoms with E-state index in [0.29, 0.717) is 0 Å². The molecule has 2 heterocycles. The third-order valence-electron chi connectivity index (χ3n) is 5.36. The van der Waals surface area contributed by atoms with E-state index in [2.05, 4.69) is 49.2 Å². The molecule has 2 nitrogen and oxygen atoms in total. The van der Waals surface area contributed by atoms with Crippen molar-refractivity contribution in [3.63, 3.8) is 0 Å². The standard InChI is InChI=1S/C19H30N2/c1-4-11-20-16-12-17-9-6-10-18(13-16)21(17)19-14(2)7-5-8-15(19)3/h5,7-8,16-18,20H,4,6,9-13H2,1-3H3. The Balaban J connectivity index is 1.84. The summed E-state index contributed by atoms with van der Waals surface area (Å²) in [6.07, 6.45) is 8.04. The maximum atomic E-state index is 3.77. The van der Waals surface area contributed by atoms with Gasteiger partial charge in [-0.1, -0.05) is 25.1 Å². The Kier molecular flexibility index (Phi) is 4.54.